The molecule has 0 amide bonds. The van der Waals surface area contributed by atoms with Crippen molar-refractivity contribution in [3.8, 4) is 17.2 Å². The fourth-order valence-electron chi connectivity index (χ4n) is 3.36. The van der Waals surface area contributed by atoms with Crippen LogP contribution in [0, 0.1) is 0 Å². The lowest BCUT2D eigenvalue weighted by Crippen LogP contribution is -2.30. The summed E-state index contributed by atoms with van der Waals surface area (Å²) < 4.78 is 10.8. The molecule has 1 aliphatic rings. The van der Waals surface area contributed by atoms with Gasteiger partial charge in [-0.2, -0.15) is 15.0 Å². The molecule has 26 heavy (non-hydrogen) atoms. The third-order valence-electron chi connectivity index (χ3n) is 4.71. The van der Waals surface area contributed by atoms with Gasteiger partial charge in [0.25, 0.3) is 0 Å². The average molecular weight is 350 g/mol. The Bertz CT molecular complexity index is 892. The summed E-state index contributed by atoms with van der Waals surface area (Å²) in [4.78, 5) is 4.06. The first-order valence-electron chi connectivity index (χ1n) is 8.69. The molecule has 0 atom stereocenters. The maximum Gasteiger partial charge on any atom is 0.161 e. The van der Waals surface area contributed by atoms with Gasteiger partial charge in [0.2, 0.25) is 0 Å². The van der Waals surface area contributed by atoms with E-state index < -0.39 is 0 Å². The molecular formula is C20H22N4O2. The molecule has 6 heteroatoms. The molecule has 2 aromatic carbocycles. The first kappa shape index (κ1) is 16.6. The largest absolute Gasteiger partial charge is 0.493 e. The zero-order valence-corrected chi connectivity index (χ0v) is 15.1. The fourth-order valence-corrected chi connectivity index (χ4v) is 3.36. The van der Waals surface area contributed by atoms with Crippen molar-refractivity contribution in [2.24, 2.45) is 0 Å². The number of nitrogens with zero attached hydrogens (tertiary/aromatic N) is 4. The standard InChI is InChI=1S/C20H22N4O2/c1-25-19-10-15-8-9-23(13-16(15)11-20(19)26-2)14-17-12-21-24(22-17)18-6-4-3-5-7-18/h3-7,10-12H,8-9,13-14H2,1-2H3. The van der Waals surface area contributed by atoms with E-state index in [-0.39, 0.29) is 0 Å². The summed E-state index contributed by atoms with van der Waals surface area (Å²) in [6, 6.07) is 14.1. The average Bonchev–Trinajstić information content (AvgIpc) is 3.16. The second-order valence-corrected chi connectivity index (χ2v) is 6.40. The lowest BCUT2D eigenvalue weighted by Gasteiger charge is -2.28. The Morgan fingerprint density at radius 3 is 2.46 bits per heavy atom. The predicted octanol–water partition coefficient (Wildman–Crippen LogP) is 2.84. The normalized spacial score (nSPS) is 14.1. The van der Waals surface area contributed by atoms with Gasteiger partial charge in [0.15, 0.2) is 11.5 Å². The number of para-hydroxylation sites is 1. The van der Waals surface area contributed by atoms with E-state index in [0.717, 1.165) is 48.9 Å². The Labute approximate surface area is 153 Å². The van der Waals surface area contributed by atoms with E-state index in [4.69, 9.17) is 9.47 Å². The van der Waals surface area contributed by atoms with Crippen LogP contribution in [-0.2, 0) is 19.5 Å². The number of methoxy groups -OCH3 is 2. The number of fused-ring (bicyclic) bond motifs is 1. The molecule has 0 aliphatic carbocycles. The highest BCUT2D eigenvalue weighted by molar-refractivity contribution is 5.48. The molecule has 4 rings (SSSR count). The van der Waals surface area contributed by atoms with Crippen LogP contribution in [-0.4, -0.2) is 40.7 Å². The van der Waals surface area contributed by atoms with Crippen molar-refractivity contribution in [2.75, 3.05) is 20.8 Å². The van der Waals surface area contributed by atoms with Crippen LogP contribution in [0.25, 0.3) is 5.69 Å². The first-order chi connectivity index (χ1) is 12.8. The summed E-state index contributed by atoms with van der Waals surface area (Å²) in [7, 11) is 3.35. The molecule has 0 fully saturated rings. The molecule has 0 radical (unpaired) electrons. The van der Waals surface area contributed by atoms with Crippen LogP contribution < -0.4 is 9.47 Å². The summed E-state index contributed by atoms with van der Waals surface area (Å²) in [5, 5.41) is 9.00. The van der Waals surface area contributed by atoms with Crippen molar-refractivity contribution >= 4 is 0 Å². The van der Waals surface area contributed by atoms with E-state index in [1.165, 1.54) is 11.1 Å². The van der Waals surface area contributed by atoms with Gasteiger partial charge >= 0.3 is 0 Å². The molecule has 1 aromatic heterocycles. The van der Waals surface area contributed by atoms with Crippen LogP contribution in [0.2, 0.25) is 0 Å². The van der Waals surface area contributed by atoms with Gasteiger partial charge in [-0.25, -0.2) is 0 Å². The number of hydrogen-bond donors (Lipinski definition) is 0. The highest BCUT2D eigenvalue weighted by atomic mass is 16.5. The molecule has 6 nitrogen and oxygen atoms in total. The Hall–Kier alpha value is -2.86. The van der Waals surface area contributed by atoms with Crippen molar-refractivity contribution in [1.29, 1.82) is 0 Å². The summed E-state index contributed by atoms with van der Waals surface area (Å²) in [5.74, 6) is 1.58. The van der Waals surface area contributed by atoms with Gasteiger partial charge in [0.1, 0.15) is 0 Å². The van der Waals surface area contributed by atoms with E-state index in [1.807, 2.05) is 36.5 Å². The minimum absolute atomic E-state index is 0.778. The summed E-state index contributed by atoms with van der Waals surface area (Å²) >= 11 is 0. The van der Waals surface area contributed by atoms with E-state index >= 15 is 0 Å². The smallest absolute Gasteiger partial charge is 0.161 e. The Balaban J connectivity index is 1.49. The van der Waals surface area contributed by atoms with Gasteiger partial charge in [0, 0.05) is 19.6 Å². The van der Waals surface area contributed by atoms with Crippen molar-refractivity contribution in [3.63, 3.8) is 0 Å². The maximum atomic E-state index is 5.44. The molecule has 0 N–H and O–H groups in total. The SMILES string of the molecule is COc1cc2c(cc1OC)CN(Cc1cnn(-c3ccccc3)n1)CC2. The zero-order chi connectivity index (χ0) is 17.9. The Morgan fingerprint density at radius 2 is 1.73 bits per heavy atom. The molecular weight excluding hydrogens is 328 g/mol. The van der Waals surface area contributed by atoms with Gasteiger partial charge in [-0.15, -0.1) is 0 Å². The summed E-state index contributed by atoms with van der Waals surface area (Å²) in [6.07, 6.45) is 2.83. The van der Waals surface area contributed by atoms with Gasteiger partial charge in [-0.1, -0.05) is 18.2 Å². The second kappa shape index (κ2) is 7.17. The molecule has 0 unspecified atom stereocenters. The minimum Gasteiger partial charge on any atom is -0.493 e. The summed E-state index contributed by atoms with van der Waals surface area (Å²) in [5.41, 5.74) is 4.55. The van der Waals surface area contributed by atoms with Crippen LogP contribution in [0.3, 0.4) is 0 Å². The van der Waals surface area contributed by atoms with Crippen LogP contribution in [0.5, 0.6) is 11.5 Å². The van der Waals surface area contributed by atoms with Crippen LogP contribution in [0.1, 0.15) is 16.8 Å². The third kappa shape index (κ3) is 3.28. The Kier molecular flexibility index (Phi) is 4.58. The lowest BCUT2D eigenvalue weighted by molar-refractivity contribution is 0.241. The second-order valence-electron chi connectivity index (χ2n) is 6.40. The third-order valence-corrected chi connectivity index (χ3v) is 4.71. The van der Waals surface area contributed by atoms with Gasteiger partial charge in [-0.3, -0.25) is 4.90 Å². The van der Waals surface area contributed by atoms with Gasteiger partial charge in [0.05, 0.1) is 31.8 Å². The number of ether oxygens (including phenoxy) is 2. The van der Waals surface area contributed by atoms with Crippen molar-refractivity contribution in [3.05, 3.63) is 65.5 Å². The predicted molar refractivity (Wildman–Crippen MR) is 98.7 cm³/mol. The number of aromatic nitrogens is 3. The van der Waals surface area contributed by atoms with Crippen LogP contribution >= 0.6 is 0 Å². The molecule has 1 aliphatic heterocycles. The fraction of sp³-hybridized carbons (Fsp3) is 0.300. The number of rotatable bonds is 5. The topological polar surface area (TPSA) is 52.4 Å². The molecule has 0 bridgehead atoms. The zero-order valence-electron chi connectivity index (χ0n) is 15.1. The van der Waals surface area contributed by atoms with Crippen LogP contribution in [0.4, 0.5) is 0 Å². The van der Waals surface area contributed by atoms with Gasteiger partial charge in [-0.05, 0) is 41.8 Å². The molecule has 134 valence electrons. The minimum atomic E-state index is 0.778. The molecule has 0 saturated heterocycles. The first-order valence-corrected chi connectivity index (χ1v) is 8.69. The van der Waals surface area contributed by atoms with Crippen molar-refractivity contribution in [1.82, 2.24) is 19.9 Å². The van der Waals surface area contributed by atoms with Crippen molar-refractivity contribution < 1.29 is 9.47 Å². The monoisotopic (exact) mass is 350 g/mol. The maximum absolute atomic E-state index is 5.44. The summed E-state index contributed by atoms with van der Waals surface area (Å²) in [6.45, 7) is 2.63. The highest BCUT2D eigenvalue weighted by Crippen LogP contribution is 2.33. The van der Waals surface area contributed by atoms with E-state index in [9.17, 15) is 0 Å². The molecule has 0 saturated carbocycles. The van der Waals surface area contributed by atoms with Crippen LogP contribution in [0.15, 0.2) is 48.7 Å². The van der Waals surface area contributed by atoms with E-state index in [0.29, 0.717) is 0 Å². The van der Waals surface area contributed by atoms with Crippen molar-refractivity contribution in [2.45, 2.75) is 19.5 Å². The molecule has 3 aromatic rings. The lowest BCUT2D eigenvalue weighted by atomic mass is 9.98. The number of hydrogen-bond acceptors (Lipinski definition) is 5. The van der Waals surface area contributed by atoms with E-state index in [2.05, 4.69) is 27.2 Å². The molecule has 2 heterocycles. The van der Waals surface area contributed by atoms with E-state index in [1.54, 1.807) is 19.0 Å². The molecule has 0 spiro atoms. The quantitative estimate of drug-likeness (QED) is 0.708. The van der Waals surface area contributed by atoms with Gasteiger partial charge < -0.3 is 9.47 Å². The Morgan fingerprint density at radius 1 is 1.00 bits per heavy atom. The number of benzene rings is 2. The highest BCUT2D eigenvalue weighted by Gasteiger charge is 2.20.